The highest BCUT2D eigenvalue weighted by Crippen LogP contribution is 2.32. The fraction of sp³-hybridized carbons (Fsp3) is 0. The number of hydrogen-bond donors (Lipinski definition) is 1. The predicted molar refractivity (Wildman–Crippen MR) is 104 cm³/mol. The Balaban J connectivity index is 2.00. The Kier molecular flexibility index (Phi) is 3.97. The first-order chi connectivity index (χ1) is 13.2. The van der Waals surface area contributed by atoms with Crippen molar-refractivity contribution in [1.82, 2.24) is 9.97 Å². The number of nitrogen functional groups attached to an aromatic ring is 1. The molecule has 0 saturated heterocycles. The Hall–Kier alpha value is -4.22. The minimum atomic E-state index is 0.0931. The number of benzene rings is 3. The summed E-state index contributed by atoms with van der Waals surface area (Å²) in [6, 6.07) is 25.1. The van der Waals surface area contributed by atoms with Gasteiger partial charge in [-0.1, -0.05) is 54.6 Å². The molecule has 5 heteroatoms. The van der Waals surface area contributed by atoms with Crippen LogP contribution >= 0.6 is 0 Å². The highest BCUT2D eigenvalue weighted by molar-refractivity contribution is 5.92. The second kappa shape index (κ2) is 6.59. The summed E-state index contributed by atoms with van der Waals surface area (Å²) in [6.45, 7) is 0. The van der Waals surface area contributed by atoms with Crippen LogP contribution in [0.15, 0.2) is 66.7 Å². The van der Waals surface area contributed by atoms with E-state index in [0.29, 0.717) is 17.0 Å². The zero-order valence-corrected chi connectivity index (χ0v) is 14.2. The van der Waals surface area contributed by atoms with Crippen molar-refractivity contribution in [3.8, 4) is 34.7 Å². The van der Waals surface area contributed by atoms with Crippen LogP contribution in [0.1, 0.15) is 11.3 Å². The minimum absolute atomic E-state index is 0.0931. The van der Waals surface area contributed by atoms with Gasteiger partial charge in [0.15, 0.2) is 11.5 Å². The third-order valence-electron chi connectivity index (χ3n) is 4.35. The summed E-state index contributed by atoms with van der Waals surface area (Å²) in [7, 11) is 0. The summed E-state index contributed by atoms with van der Waals surface area (Å²) in [5.74, 6) is 0.104. The fourth-order valence-corrected chi connectivity index (χ4v) is 3.06. The Labute approximate surface area is 156 Å². The lowest BCUT2D eigenvalue weighted by molar-refractivity contribution is 1.18. The molecule has 126 valence electrons. The number of fused-ring (bicyclic) bond motifs is 1. The number of nitrogens with zero attached hydrogens (tertiary/aromatic N) is 4. The normalized spacial score (nSPS) is 10.3. The molecule has 0 aliphatic carbocycles. The fourth-order valence-electron chi connectivity index (χ4n) is 3.06. The maximum Gasteiger partial charge on any atom is 0.183 e. The molecule has 0 radical (unpaired) electrons. The molecular weight excluding hydrogens is 334 g/mol. The van der Waals surface area contributed by atoms with E-state index in [9.17, 15) is 10.5 Å². The summed E-state index contributed by atoms with van der Waals surface area (Å²) in [5, 5.41) is 20.4. The monoisotopic (exact) mass is 347 g/mol. The van der Waals surface area contributed by atoms with Gasteiger partial charge in [0, 0.05) is 11.1 Å². The number of anilines is 1. The molecule has 0 spiro atoms. The van der Waals surface area contributed by atoms with Gasteiger partial charge in [0.1, 0.15) is 6.07 Å². The molecule has 3 aromatic carbocycles. The molecule has 0 atom stereocenters. The summed E-state index contributed by atoms with van der Waals surface area (Å²) in [5.41, 5.74) is 9.48. The Bertz CT molecular complexity index is 1250. The summed E-state index contributed by atoms with van der Waals surface area (Å²) >= 11 is 0. The molecule has 0 bridgehead atoms. The first-order valence-electron chi connectivity index (χ1n) is 8.27. The van der Waals surface area contributed by atoms with Crippen molar-refractivity contribution in [3.05, 3.63) is 78.0 Å². The van der Waals surface area contributed by atoms with Gasteiger partial charge >= 0.3 is 0 Å². The molecule has 0 amide bonds. The van der Waals surface area contributed by atoms with Crippen LogP contribution in [-0.4, -0.2) is 9.97 Å². The molecular formula is C22H13N5. The van der Waals surface area contributed by atoms with Crippen molar-refractivity contribution in [1.29, 1.82) is 10.5 Å². The SMILES string of the molecule is N#Cc1nc(-c2ccc3c(C#N)cccc3c2)c(-c2ccccc2)nc1N. The van der Waals surface area contributed by atoms with Crippen LogP contribution in [0.5, 0.6) is 0 Å². The first-order valence-corrected chi connectivity index (χ1v) is 8.27. The maximum atomic E-state index is 9.32. The van der Waals surface area contributed by atoms with E-state index in [1.54, 1.807) is 6.07 Å². The van der Waals surface area contributed by atoms with Crippen molar-refractivity contribution >= 4 is 16.6 Å². The van der Waals surface area contributed by atoms with Crippen LogP contribution in [-0.2, 0) is 0 Å². The Morgan fingerprint density at radius 2 is 1.52 bits per heavy atom. The molecule has 4 aromatic rings. The Morgan fingerprint density at radius 1 is 0.741 bits per heavy atom. The lowest BCUT2D eigenvalue weighted by Gasteiger charge is -2.11. The van der Waals surface area contributed by atoms with Crippen molar-refractivity contribution < 1.29 is 0 Å². The molecule has 5 nitrogen and oxygen atoms in total. The third-order valence-corrected chi connectivity index (χ3v) is 4.35. The highest BCUT2D eigenvalue weighted by atomic mass is 14.9. The molecule has 2 N–H and O–H groups in total. The van der Waals surface area contributed by atoms with Crippen LogP contribution in [0.25, 0.3) is 33.3 Å². The van der Waals surface area contributed by atoms with Gasteiger partial charge in [0.05, 0.1) is 23.0 Å². The number of hydrogen-bond acceptors (Lipinski definition) is 5. The molecule has 27 heavy (non-hydrogen) atoms. The van der Waals surface area contributed by atoms with Gasteiger partial charge < -0.3 is 5.73 Å². The maximum absolute atomic E-state index is 9.32. The molecule has 1 heterocycles. The van der Waals surface area contributed by atoms with E-state index < -0.39 is 0 Å². The zero-order chi connectivity index (χ0) is 18.8. The predicted octanol–water partition coefficient (Wildman–Crippen LogP) is 4.29. The van der Waals surface area contributed by atoms with Crippen LogP contribution in [0.3, 0.4) is 0 Å². The van der Waals surface area contributed by atoms with Gasteiger partial charge in [-0.25, -0.2) is 9.97 Å². The molecule has 0 aliphatic heterocycles. The Morgan fingerprint density at radius 3 is 2.26 bits per heavy atom. The van der Waals surface area contributed by atoms with E-state index >= 15 is 0 Å². The van der Waals surface area contributed by atoms with Crippen LogP contribution < -0.4 is 5.73 Å². The van der Waals surface area contributed by atoms with Gasteiger partial charge in [-0.3, -0.25) is 0 Å². The zero-order valence-electron chi connectivity index (χ0n) is 14.2. The van der Waals surface area contributed by atoms with Crippen molar-refractivity contribution in [2.75, 3.05) is 5.73 Å². The van der Waals surface area contributed by atoms with Gasteiger partial charge in [-0.2, -0.15) is 10.5 Å². The molecule has 0 fully saturated rings. The van der Waals surface area contributed by atoms with Crippen molar-refractivity contribution in [3.63, 3.8) is 0 Å². The van der Waals surface area contributed by atoms with Crippen molar-refractivity contribution in [2.24, 2.45) is 0 Å². The van der Waals surface area contributed by atoms with Crippen molar-refractivity contribution in [2.45, 2.75) is 0 Å². The number of nitriles is 2. The number of aromatic nitrogens is 2. The highest BCUT2D eigenvalue weighted by Gasteiger charge is 2.16. The van der Waals surface area contributed by atoms with Crippen LogP contribution in [0.4, 0.5) is 5.82 Å². The largest absolute Gasteiger partial charge is 0.381 e. The van der Waals surface area contributed by atoms with Crippen LogP contribution in [0, 0.1) is 22.7 Å². The average molecular weight is 347 g/mol. The second-order valence-electron chi connectivity index (χ2n) is 5.99. The van der Waals surface area contributed by atoms with E-state index in [0.717, 1.165) is 21.9 Å². The van der Waals surface area contributed by atoms with E-state index in [4.69, 9.17) is 5.73 Å². The van der Waals surface area contributed by atoms with E-state index in [-0.39, 0.29) is 11.5 Å². The standard InChI is InChI=1S/C22H13N5/c23-12-17-8-4-7-15-11-16(9-10-18(15)17)21-20(14-5-2-1-3-6-14)27-22(25)19(13-24)26-21/h1-11H,(H2,25,27). The van der Waals surface area contributed by atoms with Crippen LogP contribution in [0.2, 0.25) is 0 Å². The van der Waals surface area contributed by atoms with Gasteiger partial charge in [0.2, 0.25) is 0 Å². The van der Waals surface area contributed by atoms with Gasteiger partial charge in [-0.05, 0) is 22.9 Å². The lowest BCUT2D eigenvalue weighted by Crippen LogP contribution is -2.03. The summed E-state index contributed by atoms with van der Waals surface area (Å²) < 4.78 is 0. The third kappa shape index (κ3) is 2.84. The molecule has 1 aromatic heterocycles. The van der Waals surface area contributed by atoms with Gasteiger partial charge in [-0.15, -0.1) is 0 Å². The smallest absolute Gasteiger partial charge is 0.183 e. The lowest BCUT2D eigenvalue weighted by atomic mass is 9.98. The number of rotatable bonds is 2. The summed E-state index contributed by atoms with van der Waals surface area (Å²) in [4.78, 5) is 8.92. The quantitative estimate of drug-likeness (QED) is 0.583. The van der Waals surface area contributed by atoms with E-state index in [1.807, 2.05) is 66.7 Å². The minimum Gasteiger partial charge on any atom is -0.381 e. The molecule has 0 saturated carbocycles. The summed E-state index contributed by atoms with van der Waals surface area (Å²) in [6.07, 6.45) is 0. The van der Waals surface area contributed by atoms with Gasteiger partial charge in [0.25, 0.3) is 0 Å². The average Bonchev–Trinajstić information content (AvgIpc) is 2.73. The second-order valence-corrected chi connectivity index (χ2v) is 5.99. The topological polar surface area (TPSA) is 99.4 Å². The molecule has 0 unspecified atom stereocenters. The van der Waals surface area contributed by atoms with E-state index in [1.165, 1.54) is 0 Å². The number of nitrogens with two attached hydrogens (primary N) is 1. The molecule has 4 rings (SSSR count). The van der Waals surface area contributed by atoms with E-state index in [2.05, 4.69) is 16.0 Å². The first kappa shape index (κ1) is 16.3. The molecule has 0 aliphatic rings.